The van der Waals surface area contributed by atoms with E-state index in [1.165, 1.54) is 5.56 Å². The molecule has 110 valence electrons. The van der Waals surface area contributed by atoms with Crippen molar-refractivity contribution < 1.29 is 0 Å². The second kappa shape index (κ2) is 7.65. The fraction of sp³-hybridized carbons (Fsp3) is 0.533. The van der Waals surface area contributed by atoms with Crippen molar-refractivity contribution in [3.63, 3.8) is 0 Å². The summed E-state index contributed by atoms with van der Waals surface area (Å²) in [5, 5.41) is 16.2. The monoisotopic (exact) mass is 284 g/mol. The average Bonchev–Trinajstić information content (AvgIpc) is 2.54. The van der Waals surface area contributed by atoms with Crippen molar-refractivity contribution in [2.24, 2.45) is 5.11 Å². The molecule has 6 nitrogen and oxygen atoms in total. The van der Waals surface area contributed by atoms with Crippen LogP contribution in [0.15, 0.2) is 35.4 Å². The minimum Gasteiger partial charge on any atom is -0.299 e. The van der Waals surface area contributed by atoms with Gasteiger partial charge < -0.3 is 0 Å². The van der Waals surface area contributed by atoms with Crippen LogP contribution in [0, 0.1) is 11.3 Å². The van der Waals surface area contributed by atoms with Gasteiger partial charge in [-0.25, -0.2) is 0 Å². The maximum atomic E-state index is 9.44. The molecule has 1 aliphatic heterocycles. The van der Waals surface area contributed by atoms with E-state index in [0.29, 0.717) is 13.1 Å². The summed E-state index contributed by atoms with van der Waals surface area (Å²) in [6.45, 7) is 3.67. The van der Waals surface area contributed by atoms with Crippen LogP contribution in [-0.4, -0.2) is 36.6 Å². The zero-order valence-electron chi connectivity index (χ0n) is 12.1. The van der Waals surface area contributed by atoms with Gasteiger partial charge in [0.15, 0.2) is 0 Å². The largest absolute Gasteiger partial charge is 0.299 e. The summed E-state index contributed by atoms with van der Waals surface area (Å²) >= 11 is 0. The number of benzene rings is 1. The third-order valence-electron chi connectivity index (χ3n) is 3.91. The first-order chi connectivity index (χ1) is 10.3. The molecule has 1 heterocycles. The van der Waals surface area contributed by atoms with Crippen LogP contribution >= 0.6 is 0 Å². The second-order valence-electron chi connectivity index (χ2n) is 5.34. The van der Waals surface area contributed by atoms with Crippen molar-refractivity contribution in [2.45, 2.75) is 24.9 Å². The molecular formula is C15H20N6. The fourth-order valence-corrected chi connectivity index (χ4v) is 2.65. The van der Waals surface area contributed by atoms with Gasteiger partial charge in [0.05, 0.1) is 6.07 Å². The lowest BCUT2D eigenvalue weighted by molar-refractivity contribution is 0.161. The third kappa shape index (κ3) is 4.47. The molecule has 0 unspecified atom stereocenters. The van der Waals surface area contributed by atoms with Gasteiger partial charge in [0.1, 0.15) is 5.54 Å². The van der Waals surface area contributed by atoms with Crippen LogP contribution in [0.1, 0.15) is 18.4 Å². The molecule has 0 amide bonds. The Morgan fingerprint density at radius 3 is 2.67 bits per heavy atom. The summed E-state index contributed by atoms with van der Waals surface area (Å²) in [6, 6.07) is 12.8. The van der Waals surface area contributed by atoms with E-state index in [2.05, 4.69) is 50.6 Å². The quantitative estimate of drug-likeness (QED) is 0.376. The van der Waals surface area contributed by atoms with Gasteiger partial charge in [-0.3, -0.25) is 10.2 Å². The highest BCUT2D eigenvalue weighted by molar-refractivity contribution is 5.15. The SMILES string of the molecule is N#CC1(NCCN=[N+]=[N-])CCN(Cc2ccccc2)CC1. The van der Waals surface area contributed by atoms with E-state index in [4.69, 9.17) is 5.53 Å². The number of hydrogen-bond donors (Lipinski definition) is 1. The molecule has 1 aromatic carbocycles. The zero-order valence-corrected chi connectivity index (χ0v) is 12.1. The molecule has 1 N–H and O–H groups in total. The minimum absolute atomic E-state index is 0.383. The standard InChI is InChI=1S/C15H20N6/c16-13-15(18-8-9-19-20-17)6-10-21(11-7-15)12-14-4-2-1-3-5-14/h1-5,18H,6-12H2. The van der Waals surface area contributed by atoms with Crippen LogP contribution in [0.3, 0.4) is 0 Å². The number of azide groups is 1. The predicted octanol–water partition coefficient (Wildman–Crippen LogP) is 2.44. The summed E-state index contributed by atoms with van der Waals surface area (Å²) in [7, 11) is 0. The fourth-order valence-electron chi connectivity index (χ4n) is 2.65. The number of piperidine rings is 1. The van der Waals surface area contributed by atoms with E-state index >= 15 is 0 Å². The number of likely N-dealkylation sites (tertiary alicyclic amines) is 1. The van der Waals surface area contributed by atoms with E-state index in [1.807, 2.05) is 6.07 Å². The van der Waals surface area contributed by atoms with Crippen LogP contribution in [-0.2, 0) is 6.54 Å². The lowest BCUT2D eigenvalue weighted by Crippen LogP contribution is -2.52. The van der Waals surface area contributed by atoms with E-state index in [-0.39, 0.29) is 0 Å². The lowest BCUT2D eigenvalue weighted by atomic mass is 9.88. The van der Waals surface area contributed by atoms with Gasteiger partial charge in [-0.05, 0) is 23.9 Å². The molecule has 1 aliphatic rings. The van der Waals surface area contributed by atoms with E-state index < -0.39 is 5.54 Å². The molecule has 0 saturated carbocycles. The molecule has 1 aromatic rings. The molecular weight excluding hydrogens is 264 g/mol. The smallest absolute Gasteiger partial charge is 0.109 e. The summed E-state index contributed by atoms with van der Waals surface area (Å²) in [4.78, 5) is 5.09. The summed E-state index contributed by atoms with van der Waals surface area (Å²) in [5.41, 5.74) is 9.09. The van der Waals surface area contributed by atoms with Crippen molar-refractivity contribution in [3.05, 3.63) is 46.3 Å². The average molecular weight is 284 g/mol. The molecule has 0 atom stereocenters. The van der Waals surface area contributed by atoms with Crippen LogP contribution < -0.4 is 5.32 Å². The van der Waals surface area contributed by atoms with Crippen LogP contribution in [0.4, 0.5) is 0 Å². The molecule has 0 aromatic heterocycles. The van der Waals surface area contributed by atoms with Crippen molar-refractivity contribution in [2.75, 3.05) is 26.2 Å². The molecule has 0 radical (unpaired) electrons. The Hall–Kier alpha value is -2.06. The van der Waals surface area contributed by atoms with Crippen molar-refractivity contribution in [1.82, 2.24) is 10.2 Å². The summed E-state index contributed by atoms with van der Waals surface area (Å²) < 4.78 is 0. The van der Waals surface area contributed by atoms with Crippen molar-refractivity contribution in [3.8, 4) is 6.07 Å². The Kier molecular flexibility index (Phi) is 5.59. The number of hydrogen-bond acceptors (Lipinski definition) is 4. The van der Waals surface area contributed by atoms with E-state index in [0.717, 1.165) is 32.5 Å². The van der Waals surface area contributed by atoms with E-state index in [1.54, 1.807) is 0 Å². The molecule has 0 spiro atoms. The highest BCUT2D eigenvalue weighted by atomic mass is 15.2. The van der Waals surface area contributed by atoms with Gasteiger partial charge in [-0.2, -0.15) is 5.26 Å². The molecule has 6 heteroatoms. The Balaban J connectivity index is 1.83. The predicted molar refractivity (Wildman–Crippen MR) is 81.3 cm³/mol. The Labute approximate surface area is 125 Å². The van der Waals surface area contributed by atoms with Crippen LogP contribution in [0.25, 0.3) is 10.4 Å². The minimum atomic E-state index is -0.474. The molecule has 1 fully saturated rings. The maximum Gasteiger partial charge on any atom is 0.109 e. The first-order valence-corrected chi connectivity index (χ1v) is 7.21. The molecule has 0 aliphatic carbocycles. The molecule has 1 saturated heterocycles. The van der Waals surface area contributed by atoms with Crippen LogP contribution in [0.5, 0.6) is 0 Å². The molecule has 0 bridgehead atoms. The highest BCUT2D eigenvalue weighted by Gasteiger charge is 2.33. The normalized spacial score (nSPS) is 17.7. The molecule has 2 rings (SSSR count). The zero-order chi connectivity index (χ0) is 15.0. The summed E-state index contributed by atoms with van der Waals surface area (Å²) in [6.07, 6.45) is 1.60. The Bertz CT molecular complexity index is 521. The Morgan fingerprint density at radius 2 is 2.05 bits per heavy atom. The van der Waals surface area contributed by atoms with Crippen molar-refractivity contribution in [1.29, 1.82) is 5.26 Å². The number of nitrogens with one attached hydrogen (secondary N) is 1. The molecule has 21 heavy (non-hydrogen) atoms. The van der Waals surface area contributed by atoms with Gasteiger partial charge in [-0.1, -0.05) is 35.4 Å². The third-order valence-corrected chi connectivity index (χ3v) is 3.91. The van der Waals surface area contributed by atoms with Crippen LogP contribution in [0.2, 0.25) is 0 Å². The number of nitriles is 1. The highest BCUT2D eigenvalue weighted by Crippen LogP contribution is 2.22. The first kappa shape index (κ1) is 15.3. The van der Waals surface area contributed by atoms with Gasteiger partial charge in [0.2, 0.25) is 0 Å². The first-order valence-electron chi connectivity index (χ1n) is 7.21. The topological polar surface area (TPSA) is 87.8 Å². The summed E-state index contributed by atoms with van der Waals surface area (Å²) in [5.74, 6) is 0. The number of rotatable bonds is 6. The maximum absolute atomic E-state index is 9.44. The van der Waals surface area contributed by atoms with Gasteiger partial charge in [0.25, 0.3) is 0 Å². The van der Waals surface area contributed by atoms with Gasteiger partial charge in [-0.15, -0.1) is 0 Å². The van der Waals surface area contributed by atoms with Crippen molar-refractivity contribution >= 4 is 0 Å². The van der Waals surface area contributed by atoms with Gasteiger partial charge >= 0.3 is 0 Å². The lowest BCUT2D eigenvalue weighted by Gasteiger charge is -2.37. The Morgan fingerprint density at radius 1 is 1.33 bits per heavy atom. The van der Waals surface area contributed by atoms with Gasteiger partial charge in [0, 0.05) is 37.6 Å². The second-order valence-corrected chi connectivity index (χ2v) is 5.34. The number of nitrogens with zero attached hydrogens (tertiary/aromatic N) is 5. The van der Waals surface area contributed by atoms with E-state index in [9.17, 15) is 5.26 Å².